The zero-order valence-corrected chi connectivity index (χ0v) is 20.9. The van der Waals surface area contributed by atoms with Crippen LogP contribution in [0.4, 0.5) is 0 Å². The molecule has 5 heteroatoms. The highest BCUT2D eigenvalue weighted by molar-refractivity contribution is 7.77. The number of hydrogen-bond donors (Lipinski definition) is 1. The summed E-state index contributed by atoms with van der Waals surface area (Å²) < 4.78 is 14.8. The van der Waals surface area contributed by atoms with Gasteiger partial charge in [0.1, 0.15) is 8.07 Å². The molecular weight excluding hydrogens is 449 g/mol. The minimum atomic E-state index is -3.12. The van der Waals surface area contributed by atoms with Gasteiger partial charge in [0.25, 0.3) is 0 Å². The van der Waals surface area contributed by atoms with Crippen LogP contribution in [-0.4, -0.2) is 8.07 Å². The highest BCUT2D eigenvalue weighted by Crippen LogP contribution is 2.44. The van der Waals surface area contributed by atoms with Crippen LogP contribution < -0.4 is 20.9 Å². The van der Waals surface area contributed by atoms with Gasteiger partial charge in [-0.15, -0.1) is 0 Å². The molecule has 162 valence electrons. The minimum absolute atomic E-state index is 0.0894. The van der Waals surface area contributed by atoms with E-state index in [1.165, 1.54) is 5.19 Å². The van der Waals surface area contributed by atoms with E-state index < -0.39 is 15.4 Å². The molecule has 0 saturated heterocycles. The molecule has 1 unspecified atom stereocenters. The highest BCUT2D eigenvalue weighted by Gasteiger charge is 2.40. The molecule has 0 radical (unpaired) electrons. The van der Waals surface area contributed by atoms with Gasteiger partial charge in [-0.3, -0.25) is 9.65 Å². The van der Waals surface area contributed by atoms with E-state index >= 15 is 0 Å². The van der Waals surface area contributed by atoms with Gasteiger partial charge in [-0.25, -0.2) is 0 Å². The van der Waals surface area contributed by atoms with Gasteiger partial charge in [0.15, 0.2) is 0 Å². The summed E-state index contributed by atoms with van der Waals surface area (Å²) in [5, 5.41) is 7.33. The van der Waals surface area contributed by atoms with E-state index in [0.29, 0.717) is 5.02 Å². The zero-order valence-electron chi connectivity index (χ0n) is 18.3. The number of halogens is 1. The second-order valence-corrected chi connectivity index (χ2v) is 16.0. The molecule has 1 N–H and O–H groups in total. The Kier molecular flexibility index (Phi) is 6.83. The molecule has 32 heavy (non-hydrogen) atoms. The number of hydrogen-bond acceptors (Lipinski definition) is 1. The van der Waals surface area contributed by atoms with Crippen LogP contribution in [-0.2, 0) is 4.57 Å². The topological polar surface area (TPSA) is 29.1 Å². The Morgan fingerprint density at radius 3 is 1.59 bits per heavy atom. The zero-order chi connectivity index (χ0) is 22.6. The molecule has 0 bridgehead atoms. The second kappa shape index (κ2) is 9.60. The van der Waals surface area contributed by atoms with Gasteiger partial charge in [-0.2, -0.15) is 0 Å². The first-order chi connectivity index (χ1) is 15.4. The second-order valence-electron chi connectivity index (χ2n) is 8.48. The van der Waals surface area contributed by atoms with Crippen LogP contribution in [0.3, 0.4) is 0 Å². The van der Waals surface area contributed by atoms with Crippen molar-refractivity contribution in [3.05, 3.63) is 126 Å². The molecule has 0 aliphatic rings. The molecule has 0 aliphatic heterocycles. The van der Waals surface area contributed by atoms with Crippen molar-refractivity contribution in [2.24, 2.45) is 0 Å². The maximum atomic E-state index is 14.8. The molecule has 4 aromatic rings. The van der Waals surface area contributed by atoms with Crippen LogP contribution in [0.15, 0.2) is 115 Å². The Hall–Kier alpha value is -2.42. The molecule has 0 heterocycles. The quantitative estimate of drug-likeness (QED) is 0.260. The summed E-state index contributed by atoms with van der Waals surface area (Å²) >= 11 is 6.21. The third kappa shape index (κ3) is 4.67. The van der Waals surface area contributed by atoms with Crippen molar-refractivity contribution in [2.45, 2.75) is 18.8 Å². The van der Waals surface area contributed by atoms with E-state index in [-0.39, 0.29) is 5.67 Å². The van der Waals surface area contributed by atoms with Gasteiger partial charge in [-0.1, -0.05) is 109 Å². The Labute approximate surface area is 196 Å². The average molecular weight is 476 g/mol. The first-order valence-electron chi connectivity index (χ1n) is 10.7. The first kappa shape index (κ1) is 22.8. The summed E-state index contributed by atoms with van der Waals surface area (Å²) in [5.41, 5.74) is 1.01. The van der Waals surface area contributed by atoms with E-state index in [1.54, 1.807) is 0 Å². The lowest BCUT2D eigenvalue weighted by atomic mass is 10.2. The monoisotopic (exact) mass is 475 g/mol. The normalized spacial score (nSPS) is 13.0. The van der Waals surface area contributed by atoms with Crippen molar-refractivity contribution in [1.29, 1.82) is 0 Å². The van der Waals surface area contributed by atoms with Crippen LogP contribution >= 0.6 is 18.9 Å². The summed E-state index contributed by atoms with van der Waals surface area (Å²) in [6.45, 7) is 4.66. The van der Waals surface area contributed by atoms with E-state index in [0.717, 1.165) is 16.2 Å². The first-order valence-corrected chi connectivity index (χ1v) is 15.9. The molecule has 0 aliphatic carbocycles. The molecule has 1 atom stereocenters. The molecule has 0 spiro atoms. The minimum Gasteiger partial charge on any atom is -0.297 e. The van der Waals surface area contributed by atoms with E-state index in [4.69, 9.17) is 11.6 Å². The van der Waals surface area contributed by atoms with Gasteiger partial charge in [0, 0.05) is 21.3 Å². The highest BCUT2D eigenvalue weighted by atomic mass is 35.5. The number of rotatable bonds is 7. The maximum Gasteiger partial charge on any atom is 0.204 e. The van der Waals surface area contributed by atoms with Gasteiger partial charge in [0.05, 0.1) is 0 Å². The fourth-order valence-electron chi connectivity index (χ4n) is 4.10. The van der Waals surface area contributed by atoms with Crippen molar-refractivity contribution in [3.63, 3.8) is 0 Å². The summed E-state index contributed by atoms with van der Waals surface area (Å²) in [6, 6.07) is 38.0. The summed E-state index contributed by atoms with van der Waals surface area (Å²) in [4.78, 5) is 0. The Bertz CT molecular complexity index is 1160. The molecular formula is C27H27ClNOPSi. The predicted octanol–water partition coefficient (Wildman–Crippen LogP) is 6.05. The fraction of sp³-hybridized carbons (Fsp3) is 0.111. The van der Waals surface area contributed by atoms with Gasteiger partial charge >= 0.3 is 0 Å². The standard InChI is InChI=1S/C27H27ClNOPSi/c1-32(2,26-16-10-5-11-17-26)27(22-18-20-23(28)21-19-22)29-31(30,24-12-6-3-7-13-24)25-14-8-4-9-15-25/h3-21,27H,1-2H3,(H,29,30). The van der Waals surface area contributed by atoms with Crippen molar-refractivity contribution in [1.82, 2.24) is 5.09 Å². The Balaban J connectivity index is 1.88. The lowest BCUT2D eigenvalue weighted by Crippen LogP contribution is -2.53. The summed E-state index contributed by atoms with van der Waals surface area (Å²) in [5.74, 6) is 0. The van der Waals surface area contributed by atoms with Crippen molar-refractivity contribution in [2.75, 3.05) is 0 Å². The molecule has 0 amide bonds. The Morgan fingerprint density at radius 1 is 0.688 bits per heavy atom. The average Bonchev–Trinajstić information content (AvgIpc) is 2.84. The van der Waals surface area contributed by atoms with Gasteiger partial charge in [0.2, 0.25) is 7.29 Å². The molecule has 0 fully saturated rings. The van der Waals surface area contributed by atoms with Crippen LogP contribution in [0.25, 0.3) is 0 Å². The fourth-order valence-corrected chi connectivity index (χ4v) is 10.8. The van der Waals surface area contributed by atoms with Crippen molar-refractivity contribution < 1.29 is 4.57 Å². The van der Waals surface area contributed by atoms with Crippen molar-refractivity contribution >= 4 is 42.8 Å². The molecule has 4 rings (SSSR count). The lowest BCUT2D eigenvalue weighted by Gasteiger charge is -2.37. The predicted molar refractivity (Wildman–Crippen MR) is 141 cm³/mol. The van der Waals surface area contributed by atoms with Gasteiger partial charge in [-0.05, 0) is 42.0 Å². The smallest absolute Gasteiger partial charge is 0.204 e. The van der Waals surface area contributed by atoms with Crippen LogP contribution in [0.2, 0.25) is 18.1 Å². The van der Waals surface area contributed by atoms with Crippen LogP contribution in [0, 0.1) is 0 Å². The van der Waals surface area contributed by atoms with Crippen LogP contribution in [0.1, 0.15) is 11.2 Å². The summed E-state index contributed by atoms with van der Waals surface area (Å²) in [7, 11) is -5.29. The number of benzene rings is 4. The lowest BCUT2D eigenvalue weighted by molar-refractivity contribution is 0.575. The van der Waals surface area contributed by atoms with E-state index in [1.807, 2.05) is 78.9 Å². The number of nitrogens with one attached hydrogen (secondary N) is 1. The SMILES string of the molecule is C[Si](C)(c1ccccc1)C(NP(=O)(c1ccccc1)c1ccccc1)c1ccc(Cl)cc1. The summed E-state index contributed by atoms with van der Waals surface area (Å²) in [6.07, 6.45) is 0. The molecule has 4 aromatic carbocycles. The van der Waals surface area contributed by atoms with Gasteiger partial charge < -0.3 is 0 Å². The maximum absolute atomic E-state index is 14.8. The molecule has 0 saturated carbocycles. The van der Waals surface area contributed by atoms with E-state index in [9.17, 15) is 4.57 Å². The van der Waals surface area contributed by atoms with Crippen LogP contribution in [0.5, 0.6) is 0 Å². The third-order valence-corrected chi connectivity index (χ3v) is 12.9. The Morgan fingerprint density at radius 2 is 1.12 bits per heavy atom. The molecule has 0 aromatic heterocycles. The van der Waals surface area contributed by atoms with Crippen molar-refractivity contribution in [3.8, 4) is 0 Å². The largest absolute Gasteiger partial charge is 0.297 e. The third-order valence-electron chi connectivity index (χ3n) is 5.99. The van der Waals surface area contributed by atoms with E-state index in [2.05, 4.69) is 54.6 Å². The molecule has 2 nitrogen and oxygen atoms in total.